The molecule has 3 nitrogen and oxygen atoms in total. The number of rotatable bonds is 7. The minimum Gasteiger partial charge on any atom is -0.314 e. The van der Waals surface area contributed by atoms with E-state index < -0.39 is 0 Å². The summed E-state index contributed by atoms with van der Waals surface area (Å²) < 4.78 is 2.14. The molecule has 1 heterocycles. The third kappa shape index (κ3) is 4.34. The van der Waals surface area contributed by atoms with Gasteiger partial charge in [0.1, 0.15) is 0 Å². The minimum absolute atomic E-state index is 0.268. The predicted octanol–water partition coefficient (Wildman–Crippen LogP) is 3.41. The van der Waals surface area contributed by atoms with Crippen molar-refractivity contribution in [3.05, 3.63) is 17.5 Å². The van der Waals surface area contributed by atoms with E-state index in [4.69, 9.17) is 0 Å². The van der Waals surface area contributed by atoms with E-state index in [0.717, 1.165) is 25.2 Å². The van der Waals surface area contributed by atoms with Crippen LogP contribution in [0.15, 0.2) is 6.07 Å². The molecule has 110 valence electrons. The van der Waals surface area contributed by atoms with Crippen molar-refractivity contribution in [1.29, 1.82) is 0 Å². The van der Waals surface area contributed by atoms with E-state index in [9.17, 15) is 0 Å². The van der Waals surface area contributed by atoms with Crippen LogP contribution in [-0.4, -0.2) is 22.4 Å². The zero-order chi connectivity index (χ0) is 14.6. The summed E-state index contributed by atoms with van der Waals surface area (Å²) in [5.74, 6) is 0.638. The maximum atomic E-state index is 4.56. The van der Waals surface area contributed by atoms with Crippen LogP contribution < -0.4 is 5.32 Å². The Morgan fingerprint density at radius 1 is 1.32 bits per heavy atom. The monoisotopic (exact) mass is 265 g/mol. The molecule has 0 aliphatic heterocycles. The smallest absolute Gasteiger partial charge is 0.0596 e. The molecule has 0 saturated heterocycles. The van der Waals surface area contributed by atoms with E-state index in [1.54, 1.807) is 0 Å². The number of hydrogen-bond acceptors (Lipinski definition) is 2. The van der Waals surface area contributed by atoms with Gasteiger partial charge in [0.25, 0.3) is 0 Å². The highest BCUT2D eigenvalue weighted by Crippen LogP contribution is 2.31. The largest absolute Gasteiger partial charge is 0.314 e. The summed E-state index contributed by atoms with van der Waals surface area (Å²) in [7, 11) is 0. The summed E-state index contributed by atoms with van der Waals surface area (Å²) in [6.07, 6.45) is 1.08. The van der Waals surface area contributed by atoms with Gasteiger partial charge in [0.05, 0.1) is 5.69 Å². The molecule has 0 radical (unpaired) electrons. The molecule has 1 unspecified atom stereocenters. The Kier molecular flexibility index (Phi) is 5.60. The van der Waals surface area contributed by atoms with Crippen LogP contribution >= 0.6 is 0 Å². The molecule has 3 heteroatoms. The first kappa shape index (κ1) is 16.2. The highest BCUT2D eigenvalue weighted by Gasteiger charge is 2.30. The van der Waals surface area contributed by atoms with Gasteiger partial charge in [-0.3, -0.25) is 4.68 Å². The van der Waals surface area contributed by atoms with Crippen LogP contribution in [0, 0.1) is 18.3 Å². The Labute approximate surface area is 118 Å². The standard InChI is InChI=1S/C16H31N3/c1-8-19-15(9-14(6)18-19)10-16(7,12(2)3)11-17-13(4)5/h9,12-13,17H,8,10-11H2,1-7H3. The normalized spacial score (nSPS) is 15.2. The Balaban J connectivity index is 2.88. The second-order valence-electron chi connectivity index (χ2n) is 6.61. The maximum Gasteiger partial charge on any atom is 0.0596 e. The first-order valence-electron chi connectivity index (χ1n) is 7.55. The topological polar surface area (TPSA) is 29.9 Å². The van der Waals surface area contributed by atoms with Crippen LogP contribution in [0.5, 0.6) is 0 Å². The molecule has 1 atom stereocenters. The van der Waals surface area contributed by atoms with E-state index in [1.165, 1.54) is 5.69 Å². The van der Waals surface area contributed by atoms with Crippen molar-refractivity contribution in [2.45, 2.75) is 67.5 Å². The lowest BCUT2D eigenvalue weighted by Gasteiger charge is -2.35. The summed E-state index contributed by atoms with van der Waals surface area (Å²) >= 11 is 0. The van der Waals surface area contributed by atoms with Crippen LogP contribution in [0.3, 0.4) is 0 Å². The number of aromatic nitrogens is 2. The van der Waals surface area contributed by atoms with Gasteiger partial charge in [0.15, 0.2) is 0 Å². The average molecular weight is 265 g/mol. The number of hydrogen-bond donors (Lipinski definition) is 1. The molecular formula is C16H31N3. The third-order valence-corrected chi connectivity index (χ3v) is 4.18. The number of nitrogens with one attached hydrogen (secondary N) is 1. The van der Waals surface area contributed by atoms with E-state index in [-0.39, 0.29) is 5.41 Å². The first-order chi connectivity index (χ1) is 8.78. The summed E-state index contributed by atoms with van der Waals surface area (Å²) in [6, 6.07) is 2.77. The second kappa shape index (κ2) is 6.56. The molecular weight excluding hydrogens is 234 g/mol. The van der Waals surface area contributed by atoms with Crippen LogP contribution in [0.1, 0.15) is 52.9 Å². The van der Waals surface area contributed by atoms with Crippen LogP contribution in [-0.2, 0) is 13.0 Å². The second-order valence-corrected chi connectivity index (χ2v) is 6.61. The minimum atomic E-state index is 0.268. The lowest BCUT2D eigenvalue weighted by Crippen LogP contribution is -2.41. The van der Waals surface area contributed by atoms with E-state index >= 15 is 0 Å². The fourth-order valence-electron chi connectivity index (χ4n) is 2.34. The van der Waals surface area contributed by atoms with Gasteiger partial charge in [-0.1, -0.05) is 34.6 Å². The molecule has 1 aromatic rings. The molecule has 1 aromatic heterocycles. The summed E-state index contributed by atoms with van der Waals surface area (Å²) in [5, 5.41) is 8.17. The number of aryl methyl sites for hydroxylation is 2. The van der Waals surface area contributed by atoms with Gasteiger partial charge in [-0.15, -0.1) is 0 Å². The highest BCUT2D eigenvalue weighted by atomic mass is 15.3. The average Bonchev–Trinajstić information content (AvgIpc) is 2.66. The maximum absolute atomic E-state index is 4.56. The van der Waals surface area contributed by atoms with E-state index in [1.807, 2.05) is 0 Å². The fourth-order valence-corrected chi connectivity index (χ4v) is 2.34. The summed E-state index contributed by atoms with van der Waals surface area (Å²) in [6.45, 7) is 17.7. The van der Waals surface area contributed by atoms with Gasteiger partial charge in [-0.25, -0.2) is 0 Å². The van der Waals surface area contributed by atoms with Gasteiger partial charge >= 0.3 is 0 Å². The van der Waals surface area contributed by atoms with Gasteiger partial charge in [0.2, 0.25) is 0 Å². The fraction of sp³-hybridized carbons (Fsp3) is 0.812. The molecule has 0 aliphatic rings. The molecule has 0 spiro atoms. The van der Waals surface area contributed by atoms with E-state index in [0.29, 0.717) is 12.0 Å². The zero-order valence-electron chi connectivity index (χ0n) is 13.7. The number of nitrogens with zero attached hydrogens (tertiary/aromatic N) is 2. The molecule has 0 aliphatic carbocycles. The van der Waals surface area contributed by atoms with Gasteiger partial charge < -0.3 is 5.32 Å². The van der Waals surface area contributed by atoms with Gasteiger partial charge in [0, 0.05) is 24.8 Å². The molecule has 1 N–H and O–H groups in total. The Morgan fingerprint density at radius 3 is 2.42 bits per heavy atom. The van der Waals surface area contributed by atoms with Crippen molar-refractivity contribution in [3.63, 3.8) is 0 Å². The predicted molar refractivity (Wildman–Crippen MR) is 82.4 cm³/mol. The van der Waals surface area contributed by atoms with Crippen LogP contribution in [0.25, 0.3) is 0 Å². The Hall–Kier alpha value is -0.830. The molecule has 1 rings (SSSR count). The van der Waals surface area contributed by atoms with Crippen LogP contribution in [0.2, 0.25) is 0 Å². The van der Waals surface area contributed by atoms with Crippen molar-refractivity contribution in [1.82, 2.24) is 15.1 Å². The van der Waals surface area contributed by atoms with Crippen LogP contribution in [0.4, 0.5) is 0 Å². The molecule has 0 aromatic carbocycles. The molecule has 19 heavy (non-hydrogen) atoms. The quantitative estimate of drug-likeness (QED) is 0.818. The Morgan fingerprint density at radius 2 is 1.95 bits per heavy atom. The third-order valence-electron chi connectivity index (χ3n) is 4.18. The highest BCUT2D eigenvalue weighted by molar-refractivity contribution is 5.11. The lowest BCUT2D eigenvalue weighted by atomic mass is 9.75. The SMILES string of the molecule is CCn1nc(C)cc1CC(C)(CNC(C)C)C(C)C. The van der Waals surface area contributed by atoms with Gasteiger partial charge in [-0.05, 0) is 37.7 Å². The van der Waals surface area contributed by atoms with Crippen molar-refractivity contribution >= 4 is 0 Å². The lowest BCUT2D eigenvalue weighted by molar-refractivity contribution is 0.197. The van der Waals surface area contributed by atoms with E-state index in [2.05, 4.69) is 69.6 Å². The first-order valence-corrected chi connectivity index (χ1v) is 7.55. The zero-order valence-corrected chi connectivity index (χ0v) is 13.7. The van der Waals surface area contributed by atoms with Gasteiger partial charge in [-0.2, -0.15) is 5.10 Å². The summed E-state index contributed by atoms with van der Waals surface area (Å²) in [5.41, 5.74) is 2.76. The molecule has 0 saturated carbocycles. The molecule has 0 amide bonds. The van der Waals surface area contributed by atoms with Crippen molar-refractivity contribution in [2.75, 3.05) is 6.54 Å². The van der Waals surface area contributed by atoms with Crippen molar-refractivity contribution < 1.29 is 0 Å². The summed E-state index contributed by atoms with van der Waals surface area (Å²) in [4.78, 5) is 0. The molecule has 0 bridgehead atoms. The van der Waals surface area contributed by atoms with Crippen molar-refractivity contribution in [2.24, 2.45) is 11.3 Å². The Bertz CT molecular complexity index is 393. The van der Waals surface area contributed by atoms with Crippen molar-refractivity contribution in [3.8, 4) is 0 Å². The molecule has 0 fully saturated rings.